The summed E-state index contributed by atoms with van der Waals surface area (Å²) in [5, 5.41) is 8.79. The molecule has 5 nitrogen and oxygen atoms in total. The van der Waals surface area contributed by atoms with Gasteiger partial charge in [-0.25, -0.2) is 0 Å². The lowest BCUT2D eigenvalue weighted by Crippen LogP contribution is -2.32. The third-order valence-electron chi connectivity index (χ3n) is 2.71. The fourth-order valence-corrected chi connectivity index (χ4v) is 1.95. The number of furan rings is 1. The van der Waals surface area contributed by atoms with Crippen molar-refractivity contribution in [3.05, 3.63) is 53.4 Å². The number of hydrogen-bond donors (Lipinski definition) is 1. The molecule has 20 heavy (non-hydrogen) atoms. The third kappa shape index (κ3) is 3.19. The Morgan fingerprint density at radius 1 is 1.20 bits per heavy atom. The Morgan fingerprint density at radius 3 is 2.45 bits per heavy atom. The quantitative estimate of drug-likeness (QED) is 0.919. The molecular weight excluding hydrogens is 282 g/mol. The molecular formula is C14H12ClNO4. The van der Waals surface area contributed by atoms with Gasteiger partial charge < -0.3 is 14.4 Å². The number of carboxylic acids is 1. The highest BCUT2D eigenvalue weighted by atomic mass is 35.5. The number of benzene rings is 1. The van der Waals surface area contributed by atoms with E-state index in [-0.39, 0.29) is 23.7 Å². The zero-order valence-corrected chi connectivity index (χ0v) is 11.2. The number of amides is 1. The molecule has 0 spiro atoms. The Balaban J connectivity index is 2.29. The van der Waals surface area contributed by atoms with Gasteiger partial charge in [0.15, 0.2) is 0 Å². The lowest BCUT2D eigenvalue weighted by molar-refractivity contribution is -0.136. The number of nitrogens with zero attached hydrogens (tertiary/aromatic N) is 1. The number of carboxylic acid groups (broad SMARTS) is 1. The number of rotatable bonds is 5. The molecule has 1 aromatic carbocycles. The Bertz CT molecular complexity index is 609. The van der Waals surface area contributed by atoms with Crippen LogP contribution in [0.1, 0.15) is 16.8 Å². The number of anilines is 1. The van der Waals surface area contributed by atoms with Crippen molar-refractivity contribution < 1.29 is 19.1 Å². The molecule has 0 radical (unpaired) electrons. The van der Waals surface area contributed by atoms with Crippen molar-refractivity contribution in [2.24, 2.45) is 0 Å². The van der Waals surface area contributed by atoms with E-state index >= 15 is 0 Å². The first-order valence-electron chi connectivity index (χ1n) is 5.91. The first-order valence-corrected chi connectivity index (χ1v) is 6.29. The van der Waals surface area contributed by atoms with Crippen molar-refractivity contribution in [3.63, 3.8) is 0 Å². The van der Waals surface area contributed by atoms with E-state index in [4.69, 9.17) is 21.1 Å². The fourth-order valence-electron chi connectivity index (χ4n) is 1.75. The van der Waals surface area contributed by atoms with Crippen LogP contribution in [-0.2, 0) is 4.79 Å². The summed E-state index contributed by atoms with van der Waals surface area (Å²) in [5.41, 5.74) is 0.817. The molecule has 0 aliphatic rings. The molecule has 2 aromatic rings. The van der Waals surface area contributed by atoms with Gasteiger partial charge >= 0.3 is 5.97 Å². The van der Waals surface area contributed by atoms with Crippen molar-refractivity contribution >= 4 is 29.2 Å². The first-order chi connectivity index (χ1) is 9.59. The van der Waals surface area contributed by atoms with Gasteiger partial charge in [0, 0.05) is 12.2 Å². The summed E-state index contributed by atoms with van der Waals surface area (Å²) >= 11 is 5.80. The third-order valence-corrected chi connectivity index (χ3v) is 3.00. The van der Waals surface area contributed by atoms with Crippen molar-refractivity contribution in [1.29, 1.82) is 0 Å². The average Bonchev–Trinajstić information content (AvgIpc) is 2.86. The van der Waals surface area contributed by atoms with Crippen LogP contribution in [0.15, 0.2) is 47.1 Å². The summed E-state index contributed by atoms with van der Waals surface area (Å²) in [5.74, 6) is -1.37. The molecule has 0 bridgehead atoms. The van der Waals surface area contributed by atoms with Crippen LogP contribution >= 0.6 is 11.6 Å². The van der Waals surface area contributed by atoms with Crippen molar-refractivity contribution in [2.45, 2.75) is 6.42 Å². The van der Waals surface area contributed by atoms with Crippen LogP contribution in [0.2, 0.25) is 5.22 Å². The minimum Gasteiger partial charge on any atom is -0.481 e. The predicted molar refractivity (Wildman–Crippen MR) is 74.1 cm³/mol. The molecule has 0 saturated carbocycles. The van der Waals surface area contributed by atoms with Crippen LogP contribution in [0.4, 0.5) is 5.69 Å². The second-order valence-corrected chi connectivity index (χ2v) is 4.39. The molecule has 0 aliphatic carbocycles. The Hall–Kier alpha value is -2.27. The van der Waals surface area contributed by atoms with E-state index in [2.05, 4.69) is 0 Å². The van der Waals surface area contributed by atoms with Gasteiger partial charge in [0.05, 0.1) is 18.2 Å². The molecule has 1 aromatic heterocycles. The van der Waals surface area contributed by atoms with Crippen LogP contribution in [-0.4, -0.2) is 23.5 Å². The second kappa shape index (κ2) is 6.25. The van der Waals surface area contributed by atoms with Gasteiger partial charge in [0.1, 0.15) is 0 Å². The van der Waals surface area contributed by atoms with Crippen LogP contribution < -0.4 is 4.90 Å². The maximum Gasteiger partial charge on any atom is 0.305 e. The van der Waals surface area contributed by atoms with Crippen LogP contribution in [0.25, 0.3) is 0 Å². The Morgan fingerprint density at radius 2 is 1.90 bits per heavy atom. The highest BCUT2D eigenvalue weighted by Crippen LogP contribution is 2.22. The van der Waals surface area contributed by atoms with Gasteiger partial charge in [-0.05, 0) is 29.8 Å². The van der Waals surface area contributed by atoms with Gasteiger partial charge in [-0.1, -0.05) is 18.2 Å². The summed E-state index contributed by atoms with van der Waals surface area (Å²) < 4.78 is 4.90. The van der Waals surface area contributed by atoms with Gasteiger partial charge in [0.2, 0.25) is 5.22 Å². The minimum atomic E-state index is -0.975. The first kappa shape index (κ1) is 14.1. The molecule has 0 atom stereocenters. The van der Waals surface area contributed by atoms with E-state index in [0.29, 0.717) is 5.69 Å². The molecule has 1 N–H and O–H groups in total. The van der Waals surface area contributed by atoms with Gasteiger partial charge in [-0.15, -0.1) is 0 Å². The van der Waals surface area contributed by atoms with Crippen LogP contribution in [0.5, 0.6) is 0 Å². The highest BCUT2D eigenvalue weighted by Gasteiger charge is 2.22. The van der Waals surface area contributed by atoms with E-state index in [0.717, 1.165) is 0 Å². The molecule has 0 unspecified atom stereocenters. The smallest absolute Gasteiger partial charge is 0.305 e. The van der Waals surface area contributed by atoms with Gasteiger partial charge in [-0.3, -0.25) is 9.59 Å². The molecule has 1 heterocycles. The topological polar surface area (TPSA) is 70.8 Å². The molecule has 2 rings (SSSR count). The van der Waals surface area contributed by atoms with Gasteiger partial charge in [-0.2, -0.15) is 0 Å². The lowest BCUT2D eigenvalue weighted by atomic mass is 10.2. The van der Waals surface area contributed by atoms with E-state index in [9.17, 15) is 9.59 Å². The molecule has 0 aliphatic heterocycles. The Kier molecular flexibility index (Phi) is 4.42. The minimum absolute atomic E-state index is 0.00810. The lowest BCUT2D eigenvalue weighted by Gasteiger charge is -2.21. The van der Waals surface area contributed by atoms with E-state index in [1.807, 2.05) is 6.07 Å². The van der Waals surface area contributed by atoms with E-state index in [1.54, 1.807) is 24.3 Å². The molecule has 6 heteroatoms. The summed E-state index contributed by atoms with van der Waals surface area (Å²) in [4.78, 5) is 24.5. The summed E-state index contributed by atoms with van der Waals surface area (Å²) in [6.45, 7) is 0.0552. The monoisotopic (exact) mass is 293 g/mol. The van der Waals surface area contributed by atoms with Crippen LogP contribution in [0, 0.1) is 0 Å². The molecule has 0 saturated heterocycles. The van der Waals surface area contributed by atoms with Crippen molar-refractivity contribution in [3.8, 4) is 0 Å². The summed E-state index contributed by atoms with van der Waals surface area (Å²) in [6, 6.07) is 10.3. The van der Waals surface area contributed by atoms with E-state index in [1.165, 1.54) is 17.2 Å². The number of hydrogen-bond acceptors (Lipinski definition) is 3. The number of carbonyl (C=O) groups excluding carboxylic acids is 1. The molecule has 1 amide bonds. The number of para-hydroxylation sites is 1. The van der Waals surface area contributed by atoms with Crippen LogP contribution in [0.3, 0.4) is 0 Å². The number of halogens is 1. The zero-order valence-electron chi connectivity index (χ0n) is 10.5. The summed E-state index contributed by atoms with van der Waals surface area (Å²) in [6.07, 6.45) is 1.16. The molecule has 0 fully saturated rings. The van der Waals surface area contributed by atoms with E-state index < -0.39 is 11.9 Å². The van der Waals surface area contributed by atoms with Crippen molar-refractivity contribution in [1.82, 2.24) is 0 Å². The Labute approximate surface area is 120 Å². The second-order valence-electron chi connectivity index (χ2n) is 4.04. The summed E-state index contributed by atoms with van der Waals surface area (Å²) in [7, 11) is 0. The fraction of sp³-hybridized carbons (Fsp3) is 0.143. The predicted octanol–water partition coefficient (Wildman–Crippen LogP) is 3.05. The SMILES string of the molecule is O=C(O)CCN(C(=O)c1ccoc1Cl)c1ccccc1. The highest BCUT2D eigenvalue weighted by molar-refractivity contribution is 6.32. The maximum absolute atomic E-state index is 12.4. The van der Waals surface area contributed by atoms with Gasteiger partial charge in [0.25, 0.3) is 5.91 Å². The number of aliphatic carboxylic acids is 1. The normalized spacial score (nSPS) is 10.2. The number of carbonyl (C=O) groups is 2. The molecule has 104 valence electrons. The largest absolute Gasteiger partial charge is 0.481 e. The van der Waals surface area contributed by atoms with Crippen molar-refractivity contribution in [2.75, 3.05) is 11.4 Å². The average molecular weight is 294 g/mol. The zero-order chi connectivity index (χ0) is 14.5. The standard InChI is InChI=1S/C14H12ClNO4/c15-13-11(7-9-20-13)14(19)16(8-6-12(17)18)10-4-2-1-3-5-10/h1-5,7,9H,6,8H2,(H,17,18). The maximum atomic E-state index is 12.4.